The summed E-state index contributed by atoms with van der Waals surface area (Å²) >= 11 is 0. The SMILES string of the molecule is COc1ccc(-c2c(C(=O)c3ccccc3)c3c(C=O)cc4ccccc4n3c2-c2ccccc2)cc1. The van der Waals surface area contributed by atoms with Gasteiger partial charge in [0.2, 0.25) is 0 Å². The average Bonchev–Trinajstić information content (AvgIpc) is 3.34. The van der Waals surface area contributed by atoms with Crippen LogP contribution < -0.4 is 4.74 Å². The summed E-state index contributed by atoms with van der Waals surface area (Å²) in [5.74, 6) is 0.591. The molecule has 0 atom stereocenters. The summed E-state index contributed by atoms with van der Waals surface area (Å²) < 4.78 is 7.48. The number of nitrogens with zero attached hydrogens (tertiary/aromatic N) is 1. The Bertz CT molecular complexity index is 1770. The first kappa shape index (κ1) is 22.5. The lowest BCUT2D eigenvalue weighted by molar-refractivity contribution is 0.104. The summed E-state index contributed by atoms with van der Waals surface area (Å²) in [7, 11) is 1.63. The minimum absolute atomic E-state index is 0.135. The van der Waals surface area contributed by atoms with Crippen molar-refractivity contribution in [2.75, 3.05) is 7.11 Å². The molecule has 0 radical (unpaired) electrons. The second-order valence-corrected chi connectivity index (χ2v) is 8.85. The average molecular weight is 482 g/mol. The number of rotatable bonds is 6. The van der Waals surface area contributed by atoms with Crippen LogP contribution in [-0.2, 0) is 0 Å². The van der Waals surface area contributed by atoms with Gasteiger partial charge in [0.25, 0.3) is 0 Å². The number of fused-ring (bicyclic) bond motifs is 3. The van der Waals surface area contributed by atoms with Crippen LogP contribution in [0, 0.1) is 0 Å². The maximum Gasteiger partial charge on any atom is 0.195 e. The second kappa shape index (κ2) is 9.25. The van der Waals surface area contributed by atoms with Crippen molar-refractivity contribution in [1.82, 2.24) is 4.40 Å². The maximum absolute atomic E-state index is 14.3. The van der Waals surface area contributed by atoms with E-state index in [1.54, 1.807) is 7.11 Å². The molecule has 0 saturated heterocycles. The fourth-order valence-electron chi connectivity index (χ4n) is 5.09. The molecule has 37 heavy (non-hydrogen) atoms. The summed E-state index contributed by atoms with van der Waals surface area (Å²) in [4.78, 5) is 26.8. The van der Waals surface area contributed by atoms with Crippen LogP contribution in [0.3, 0.4) is 0 Å². The second-order valence-electron chi connectivity index (χ2n) is 8.85. The molecule has 0 aliphatic rings. The van der Waals surface area contributed by atoms with Crippen molar-refractivity contribution < 1.29 is 14.3 Å². The highest BCUT2D eigenvalue weighted by Crippen LogP contribution is 2.43. The standard InChI is InChI=1S/C33H23NO3/c1-37-27-18-16-22(17-19-27)29-30(33(36)24-12-6-3-7-13-24)32-26(21-35)20-25-14-8-9-15-28(25)34(32)31(29)23-10-4-2-5-11-23/h2-21H,1H3. The minimum atomic E-state index is -0.135. The first-order valence-corrected chi connectivity index (χ1v) is 12.1. The molecule has 6 aromatic rings. The molecule has 6 rings (SSSR count). The Morgan fingerprint density at radius 3 is 2.08 bits per heavy atom. The van der Waals surface area contributed by atoms with Crippen LogP contribution in [0.15, 0.2) is 115 Å². The summed E-state index contributed by atoms with van der Waals surface area (Å²) in [6, 6.07) is 36.7. The molecule has 4 aromatic carbocycles. The van der Waals surface area contributed by atoms with Gasteiger partial charge in [0, 0.05) is 16.7 Å². The van der Waals surface area contributed by atoms with Gasteiger partial charge in [0.05, 0.1) is 29.4 Å². The largest absolute Gasteiger partial charge is 0.497 e. The molecule has 0 bridgehead atoms. The van der Waals surface area contributed by atoms with Crippen LogP contribution in [0.5, 0.6) is 5.75 Å². The molecule has 0 amide bonds. The van der Waals surface area contributed by atoms with E-state index in [1.165, 1.54) is 0 Å². The summed E-state index contributed by atoms with van der Waals surface area (Å²) in [5, 5.41) is 0.921. The number of hydrogen-bond acceptors (Lipinski definition) is 3. The van der Waals surface area contributed by atoms with E-state index in [9.17, 15) is 9.59 Å². The molecule has 0 unspecified atom stereocenters. The van der Waals surface area contributed by atoms with Crippen molar-refractivity contribution in [2.45, 2.75) is 0 Å². The molecule has 2 heterocycles. The number of ether oxygens (including phenoxy) is 1. The first-order valence-electron chi connectivity index (χ1n) is 12.1. The Balaban J connectivity index is 1.86. The maximum atomic E-state index is 14.3. The summed E-state index contributed by atoms with van der Waals surface area (Å²) in [5.41, 5.74) is 6.51. The predicted octanol–water partition coefficient (Wildman–Crippen LogP) is 7.48. The molecule has 0 fully saturated rings. The van der Waals surface area contributed by atoms with Crippen LogP contribution in [0.2, 0.25) is 0 Å². The Labute approximate surface area is 214 Å². The number of carbonyl (C=O) groups is 2. The Kier molecular flexibility index (Phi) is 5.62. The zero-order valence-electron chi connectivity index (χ0n) is 20.2. The van der Waals surface area contributed by atoms with Crippen molar-refractivity contribution >= 4 is 28.5 Å². The third kappa shape index (κ3) is 3.71. The monoisotopic (exact) mass is 481 g/mol. The van der Waals surface area contributed by atoms with E-state index in [2.05, 4.69) is 4.40 Å². The lowest BCUT2D eigenvalue weighted by Gasteiger charge is -2.11. The van der Waals surface area contributed by atoms with Gasteiger partial charge in [-0.2, -0.15) is 0 Å². The van der Waals surface area contributed by atoms with E-state index >= 15 is 0 Å². The molecular weight excluding hydrogens is 458 g/mol. The fraction of sp³-hybridized carbons (Fsp3) is 0.0303. The van der Waals surface area contributed by atoms with E-state index < -0.39 is 0 Å². The van der Waals surface area contributed by atoms with Crippen molar-refractivity contribution in [2.24, 2.45) is 0 Å². The first-order chi connectivity index (χ1) is 18.2. The van der Waals surface area contributed by atoms with E-state index in [-0.39, 0.29) is 5.78 Å². The molecule has 178 valence electrons. The molecule has 4 nitrogen and oxygen atoms in total. The Morgan fingerprint density at radius 2 is 1.41 bits per heavy atom. The van der Waals surface area contributed by atoms with Crippen LogP contribution >= 0.6 is 0 Å². The molecular formula is C33H23NO3. The third-order valence-corrected chi connectivity index (χ3v) is 6.75. The third-order valence-electron chi connectivity index (χ3n) is 6.75. The van der Waals surface area contributed by atoms with E-state index in [1.807, 2.05) is 115 Å². The van der Waals surface area contributed by atoms with Gasteiger partial charge in [-0.1, -0.05) is 91.0 Å². The van der Waals surface area contributed by atoms with Crippen molar-refractivity contribution in [3.63, 3.8) is 0 Å². The molecule has 0 saturated carbocycles. The summed E-state index contributed by atoms with van der Waals surface area (Å²) in [6.45, 7) is 0. The van der Waals surface area contributed by atoms with E-state index in [4.69, 9.17) is 4.74 Å². The van der Waals surface area contributed by atoms with Gasteiger partial charge >= 0.3 is 0 Å². The minimum Gasteiger partial charge on any atom is -0.497 e. The lowest BCUT2D eigenvalue weighted by atomic mass is 9.92. The van der Waals surface area contributed by atoms with Gasteiger partial charge in [-0.05, 0) is 40.8 Å². The van der Waals surface area contributed by atoms with Gasteiger partial charge in [-0.25, -0.2) is 0 Å². The highest BCUT2D eigenvalue weighted by Gasteiger charge is 2.29. The molecule has 4 heteroatoms. The lowest BCUT2D eigenvalue weighted by Crippen LogP contribution is -2.04. The number of benzene rings is 4. The highest BCUT2D eigenvalue weighted by molar-refractivity contribution is 6.22. The van der Waals surface area contributed by atoms with Gasteiger partial charge in [0.15, 0.2) is 12.1 Å². The van der Waals surface area contributed by atoms with E-state index in [0.29, 0.717) is 22.2 Å². The van der Waals surface area contributed by atoms with Crippen LogP contribution in [-0.4, -0.2) is 23.6 Å². The molecule has 0 N–H and O–H groups in total. The summed E-state index contributed by atoms with van der Waals surface area (Å²) in [6.07, 6.45) is 0.843. The number of aldehydes is 1. The smallest absolute Gasteiger partial charge is 0.195 e. The molecule has 0 aliphatic carbocycles. The van der Waals surface area contributed by atoms with Crippen molar-refractivity contribution in [3.8, 4) is 28.1 Å². The highest BCUT2D eigenvalue weighted by atomic mass is 16.5. The zero-order chi connectivity index (χ0) is 25.4. The van der Waals surface area contributed by atoms with Crippen molar-refractivity contribution in [3.05, 3.63) is 132 Å². The molecule has 0 spiro atoms. The molecule has 2 aromatic heterocycles. The number of aromatic nitrogens is 1. The fourth-order valence-corrected chi connectivity index (χ4v) is 5.09. The number of ketones is 1. The van der Waals surface area contributed by atoms with Crippen molar-refractivity contribution in [1.29, 1.82) is 0 Å². The Morgan fingerprint density at radius 1 is 0.757 bits per heavy atom. The predicted molar refractivity (Wildman–Crippen MR) is 148 cm³/mol. The number of methoxy groups -OCH3 is 1. The molecule has 0 aliphatic heterocycles. The topological polar surface area (TPSA) is 47.8 Å². The zero-order valence-corrected chi connectivity index (χ0v) is 20.2. The van der Waals surface area contributed by atoms with Crippen LogP contribution in [0.4, 0.5) is 0 Å². The number of pyridine rings is 1. The van der Waals surface area contributed by atoms with Crippen LogP contribution in [0.25, 0.3) is 38.8 Å². The normalized spacial score (nSPS) is 11.1. The quantitative estimate of drug-likeness (QED) is 0.183. The van der Waals surface area contributed by atoms with E-state index in [0.717, 1.165) is 45.3 Å². The van der Waals surface area contributed by atoms with Gasteiger partial charge in [-0.15, -0.1) is 0 Å². The number of para-hydroxylation sites is 1. The number of carbonyl (C=O) groups excluding carboxylic acids is 2. The Hall–Kier alpha value is -4.96. The van der Waals surface area contributed by atoms with Gasteiger partial charge in [0.1, 0.15) is 5.75 Å². The van der Waals surface area contributed by atoms with Gasteiger partial charge < -0.3 is 9.14 Å². The van der Waals surface area contributed by atoms with Gasteiger partial charge in [-0.3, -0.25) is 9.59 Å². The van der Waals surface area contributed by atoms with Crippen LogP contribution in [0.1, 0.15) is 26.3 Å². The number of hydrogen-bond donors (Lipinski definition) is 0.